The molecule has 0 aromatic heterocycles. The van der Waals surface area contributed by atoms with Crippen molar-refractivity contribution in [3.63, 3.8) is 0 Å². The van der Waals surface area contributed by atoms with E-state index in [1.54, 1.807) is 0 Å². The molecule has 1 aliphatic rings. The van der Waals surface area contributed by atoms with E-state index >= 15 is 0 Å². The van der Waals surface area contributed by atoms with Crippen LogP contribution in [0.1, 0.15) is 45.1 Å². The second kappa shape index (κ2) is 7.97. The van der Waals surface area contributed by atoms with E-state index < -0.39 is 6.09 Å². The number of ether oxygens (including phenoxy) is 1. The number of imide groups is 1. The average molecular weight is 303 g/mol. The van der Waals surface area contributed by atoms with Gasteiger partial charge in [0.2, 0.25) is 5.91 Å². The van der Waals surface area contributed by atoms with Crippen LogP contribution in [0.4, 0.5) is 4.79 Å². The summed E-state index contributed by atoms with van der Waals surface area (Å²) in [5.74, 6) is 0.450. The molecule has 1 aliphatic heterocycles. The molecule has 1 fully saturated rings. The van der Waals surface area contributed by atoms with Gasteiger partial charge < -0.3 is 4.74 Å². The maximum Gasteiger partial charge on any atom is 0.416 e. The highest BCUT2D eigenvalue weighted by Gasteiger charge is 2.37. The third-order valence-corrected chi connectivity index (χ3v) is 4.47. The zero-order valence-corrected chi connectivity index (χ0v) is 13.5. The monoisotopic (exact) mass is 303 g/mol. The molecule has 0 spiro atoms. The minimum atomic E-state index is -0.490. The smallest absolute Gasteiger partial charge is 0.416 e. The van der Waals surface area contributed by atoms with Crippen LogP contribution >= 0.6 is 0 Å². The van der Waals surface area contributed by atoms with E-state index in [-0.39, 0.29) is 11.9 Å². The van der Waals surface area contributed by atoms with Crippen LogP contribution in [-0.4, -0.2) is 29.5 Å². The molecule has 1 aromatic carbocycles. The molecule has 4 heteroatoms. The molecule has 2 amide bonds. The number of amides is 2. The zero-order chi connectivity index (χ0) is 15.9. The van der Waals surface area contributed by atoms with Crippen LogP contribution in [-0.2, 0) is 16.0 Å². The first kappa shape index (κ1) is 16.5. The molecule has 4 nitrogen and oxygen atoms in total. The number of carbonyl (C=O) groups is 2. The number of hydrogen-bond donors (Lipinski definition) is 0. The van der Waals surface area contributed by atoms with Crippen molar-refractivity contribution in [2.24, 2.45) is 5.92 Å². The summed E-state index contributed by atoms with van der Waals surface area (Å²) in [4.78, 5) is 25.6. The van der Waals surface area contributed by atoms with E-state index in [1.165, 1.54) is 4.90 Å². The summed E-state index contributed by atoms with van der Waals surface area (Å²) in [6, 6.07) is 9.73. The molecular formula is C18H25NO3. The van der Waals surface area contributed by atoms with Crippen LogP contribution < -0.4 is 0 Å². The molecular weight excluding hydrogens is 278 g/mol. The summed E-state index contributed by atoms with van der Waals surface area (Å²) in [7, 11) is 0. The van der Waals surface area contributed by atoms with Crippen molar-refractivity contribution in [3.8, 4) is 0 Å². The Kier molecular flexibility index (Phi) is 5.99. The first-order chi connectivity index (χ1) is 10.7. The van der Waals surface area contributed by atoms with E-state index in [2.05, 4.69) is 13.8 Å². The summed E-state index contributed by atoms with van der Waals surface area (Å²) in [5, 5.41) is 0. The molecule has 0 N–H and O–H groups in total. The van der Waals surface area contributed by atoms with Crippen LogP contribution in [0.2, 0.25) is 0 Å². The zero-order valence-electron chi connectivity index (χ0n) is 13.5. The highest BCUT2D eigenvalue weighted by atomic mass is 16.6. The molecule has 1 heterocycles. The van der Waals surface area contributed by atoms with Crippen LogP contribution in [0, 0.1) is 5.92 Å². The van der Waals surface area contributed by atoms with Crippen molar-refractivity contribution in [2.75, 3.05) is 6.61 Å². The fourth-order valence-electron chi connectivity index (χ4n) is 2.95. The molecule has 0 aliphatic carbocycles. The Bertz CT molecular complexity index is 496. The fraction of sp³-hybridized carbons (Fsp3) is 0.556. The van der Waals surface area contributed by atoms with E-state index in [0.29, 0.717) is 25.4 Å². The highest BCUT2D eigenvalue weighted by molar-refractivity contribution is 5.93. The van der Waals surface area contributed by atoms with Gasteiger partial charge in [-0.25, -0.2) is 9.69 Å². The molecule has 1 aromatic rings. The standard InChI is InChI=1S/C18H25NO3/c1-3-14(4-2)10-11-17(20)19-16(13-22-18(19)21)12-15-8-6-5-7-9-15/h5-9,14,16H,3-4,10-13H2,1-2H3. The van der Waals surface area contributed by atoms with Gasteiger partial charge in [-0.3, -0.25) is 4.79 Å². The predicted molar refractivity (Wildman–Crippen MR) is 85.4 cm³/mol. The molecule has 0 bridgehead atoms. The third-order valence-electron chi connectivity index (χ3n) is 4.47. The summed E-state index contributed by atoms with van der Waals surface area (Å²) < 4.78 is 5.10. The Morgan fingerprint density at radius 2 is 1.95 bits per heavy atom. The van der Waals surface area contributed by atoms with Gasteiger partial charge in [-0.1, -0.05) is 57.0 Å². The lowest BCUT2D eigenvalue weighted by molar-refractivity contribution is -0.129. The van der Waals surface area contributed by atoms with E-state index in [9.17, 15) is 9.59 Å². The third kappa shape index (κ3) is 4.09. The van der Waals surface area contributed by atoms with Crippen molar-refractivity contribution in [1.29, 1.82) is 0 Å². The maximum atomic E-state index is 12.4. The number of rotatable bonds is 7. The van der Waals surface area contributed by atoms with E-state index in [1.807, 2.05) is 30.3 Å². The van der Waals surface area contributed by atoms with Crippen molar-refractivity contribution < 1.29 is 14.3 Å². The van der Waals surface area contributed by atoms with Gasteiger partial charge in [-0.15, -0.1) is 0 Å². The summed E-state index contributed by atoms with van der Waals surface area (Å²) >= 11 is 0. The van der Waals surface area contributed by atoms with Gasteiger partial charge in [0.05, 0.1) is 6.04 Å². The first-order valence-electron chi connectivity index (χ1n) is 8.18. The number of benzene rings is 1. The Labute approximate surface area is 132 Å². The number of carbonyl (C=O) groups excluding carboxylic acids is 2. The second-order valence-corrected chi connectivity index (χ2v) is 5.91. The minimum Gasteiger partial charge on any atom is -0.447 e. The van der Waals surface area contributed by atoms with E-state index in [4.69, 9.17) is 4.74 Å². The lowest BCUT2D eigenvalue weighted by Crippen LogP contribution is -2.40. The summed E-state index contributed by atoms with van der Waals surface area (Å²) in [6.45, 7) is 4.58. The maximum absolute atomic E-state index is 12.4. The van der Waals surface area contributed by atoms with Crippen molar-refractivity contribution in [3.05, 3.63) is 35.9 Å². The number of nitrogens with zero attached hydrogens (tertiary/aromatic N) is 1. The molecule has 0 saturated carbocycles. The van der Waals surface area contributed by atoms with Gasteiger partial charge in [-0.05, 0) is 24.3 Å². The molecule has 1 unspecified atom stereocenters. The first-order valence-corrected chi connectivity index (χ1v) is 8.18. The quantitative estimate of drug-likeness (QED) is 0.770. The number of hydrogen-bond acceptors (Lipinski definition) is 3. The van der Waals surface area contributed by atoms with Gasteiger partial charge in [0.25, 0.3) is 0 Å². The van der Waals surface area contributed by atoms with Crippen LogP contribution in [0.25, 0.3) is 0 Å². The van der Waals surface area contributed by atoms with Crippen LogP contribution in [0.15, 0.2) is 30.3 Å². The van der Waals surface area contributed by atoms with Gasteiger partial charge >= 0.3 is 6.09 Å². The number of cyclic esters (lactones) is 1. The molecule has 2 rings (SSSR count). The summed E-state index contributed by atoms with van der Waals surface area (Å²) in [5.41, 5.74) is 1.11. The molecule has 120 valence electrons. The average Bonchev–Trinajstić information content (AvgIpc) is 2.90. The Hall–Kier alpha value is -1.84. The lowest BCUT2D eigenvalue weighted by atomic mass is 9.97. The van der Waals surface area contributed by atoms with Crippen molar-refractivity contribution >= 4 is 12.0 Å². The topological polar surface area (TPSA) is 46.6 Å². The van der Waals surface area contributed by atoms with Gasteiger partial charge in [-0.2, -0.15) is 0 Å². The van der Waals surface area contributed by atoms with Gasteiger partial charge in [0, 0.05) is 6.42 Å². The minimum absolute atomic E-state index is 0.102. The fourth-order valence-corrected chi connectivity index (χ4v) is 2.95. The lowest BCUT2D eigenvalue weighted by Gasteiger charge is -2.21. The Morgan fingerprint density at radius 1 is 1.27 bits per heavy atom. The highest BCUT2D eigenvalue weighted by Crippen LogP contribution is 2.21. The molecule has 0 radical (unpaired) electrons. The normalized spacial score (nSPS) is 17.9. The van der Waals surface area contributed by atoms with E-state index in [0.717, 1.165) is 24.8 Å². The van der Waals surface area contributed by atoms with Gasteiger partial charge in [0.1, 0.15) is 6.61 Å². The SMILES string of the molecule is CCC(CC)CCC(=O)N1C(=O)OCC1Cc1ccccc1. The van der Waals surface area contributed by atoms with Crippen molar-refractivity contribution in [2.45, 2.75) is 52.0 Å². The molecule has 1 saturated heterocycles. The van der Waals surface area contributed by atoms with Crippen molar-refractivity contribution in [1.82, 2.24) is 4.90 Å². The van der Waals surface area contributed by atoms with Crippen LogP contribution in [0.3, 0.4) is 0 Å². The predicted octanol–water partition coefficient (Wildman–Crippen LogP) is 3.79. The second-order valence-electron chi connectivity index (χ2n) is 5.91. The summed E-state index contributed by atoms with van der Waals surface area (Å²) in [6.07, 6.45) is 3.57. The molecule has 1 atom stereocenters. The molecule has 22 heavy (non-hydrogen) atoms. The Balaban J connectivity index is 1.97. The van der Waals surface area contributed by atoms with Crippen LogP contribution in [0.5, 0.6) is 0 Å². The Morgan fingerprint density at radius 3 is 2.59 bits per heavy atom. The van der Waals surface area contributed by atoms with Gasteiger partial charge in [0.15, 0.2) is 0 Å². The largest absolute Gasteiger partial charge is 0.447 e.